The number of carbonyl (C=O) groups is 1. The molecule has 1 aliphatic rings. The first-order chi connectivity index (χ1) is 10.2. The highest BCUT2D eigenvalue weighted by Crippen LogP contribution is 2.19. The van der Waals surface area contributed by atoms with Crippen LogP contribution >= 0.6 is 0 Å². The Hall–Kier alpha value is -0.610. The molecule has 0 aromatic rings. The highest BCUT2D eigenvalue weighted by molar-refractivity contribution is 5.78. The van der Waals surface area contributed by atoms with E-state index in [9.17, 15) is 4.79 Å². The summed E-state index contributed by atoms with van der Waals surface area (Å²) < 4.78 is 0. The highest BCUT2D eigenvalue weighted by atomic mass is 16.2. The van der Waals surface area contributed by atoms with Gasteiger partial charge in [0.05, 0.1) is 6.54 Å². The van der Waals surface area contributed by atoms with Crippen LogP contribution in [0.5, 0.6) is 0 Å². The first kappa shape index (κ1) is 19.4. The van der Waals surface area contributed by atoms with Crippen molar-refractivity contribution in [3.63, 3.8) is 0 Å². The molecule has 0 aromatic heterocycles. The second-order valence-corrected chi connectivity index (χ2v) is 8.17. The van der Waals surface area contributed by atoms with Crippen molar-refractivity contribution in [2.75, 3.05) is 26.2 Å². The van der Waals surface area contributed by atoms with Crippen LogP contribution in [0.25, 0.3) is 0 Å². The molecule has 1 rings (SSSR count). The Morgan fingerprint density at radius 2 is 1.64 bits per heavy atom. The maximum absolute atomic E-state index is 12.0. The molecule has 2 N–H and O–H groups in total. The zero-order valence-electron chi connectivity index (χ0n) is 15.6. The predicted octanol–water partition coefficient (Wildman–Crippen LogP) is 2.78. The molecule has 1 amide bonds. The van der Waals surface area contributed by atoms with Gasteiger partial charge in [-0.3, -0.25) is 9.69 Å². The molecule has 0 spiro atoms. The summed E-state index contributed by atoms with van der Waals surface area (Å²) in [5, 5.41) is 6.80. The molecule has 0 aromatic carbocycles. The number of carbonyl (C=O) groups excluding carboxylic acids is 1. The van der Waals surface area contributed by atoms with Gasteiger partial charge in [0.1, 0.15) is 0 Å². The van der Waals surface area contributed by atoms with Crippen LogP contribution in [0, 0.1) is 5.92 Å². The monoisotopic (exact) mass is 311 g/mol. The first-order valence-corrected chi connectivity index (χ1v) is 8.96. The van der Waals surface area contributed by atoms with E-state index in [1.165, 1.54) is 25.7 Å². The molecule has 0 bridgehead atoms. The number of hydrogen-bond donors (Lipinski definition) is 2. The Morgan fingerprint density at radius 1 is 1.09 bits per heavy atom. The van der Waals surface area contributed by atoms with Crippen molar-refractivity contribution in [2.24, 2.45) is 5.92 Å². The largest absolute Gasteiger partial charge is 0.350 e. The lowest BCUT2D eigenvalue weighted by Crippen LogP contribution is -2.49. The number of hydrogen-bond acceptors (Lipinski definition) is 3. The second kappa shape index (κ2) is 8.30. The summed E-state index contributed by atoms with van der Waals surface area (Å²) in [7, 11) is 0. The van der Waals surface area contributed by atoms with Gasteiger partial charge in [0, 0.05) is 11.1 Å². The van der Waals surface area contributed by atoms with Crippen molar-refractivity contribution in [1.29, 1.82) is 0 Å². The smallest absolute Gasteiger partial charge is 0.234 e. The van der Waals surface area contributed by atoms with Gasteiger partial charge < -0.3 is 10.6 Å². The summed E-state index contributed by atoms with van der Waals surface area (Å²) in [6, 6.07) is 0. The van der Waals surface area contributed by atoms with Gasteiger partial charge in [-0.05, 0) is 78.9 Å². The summed E-state index contributed by atoms with van der Waals surface area (Å²) in [5.74, 6) is 0.896. The van der Waals surface area contributed by atoms with Gasteiger partial charge in [-0.2, -0.15) is 0 Å². The fraction of sp³-hybridized carbons (Fsp3) is 0.944. The minimum absolute atomic E-state index is 0.135. The van der Waals surface area contributed by atoms with Crippen LogP contribution in [-0.4, -0.2) is 48.1 Å². The number of piperidine rings is 1. The number of nitrogens with one attached hydrogen (secondary N) is 2. The lowest BCUT2D eigenvalue weighted by molar-refractivity contribution is -0.124. The molecule has 0 atom stereocenters. The normalized spacial score (nSPS) is 18.5. The van der Waals surface area contributed by atoms with Crippen LogP contribution < -0.4 is 10.6 Å². The Kier molecular flexibility index (Phi) is 7.33. The van der Waals surface area contributed by atoms with Crippen molar-refractivity contribution >= 4 is 5.91 Å². The third-order valence-electron chi connectivity index (χ3n) is 4.97. The summed E-state index contributed by atoms with van der Waals surface area (Å²) in [4.78, 5) is 14.3. The van der Waals surface area contributed by atoms with Gasteiger partial charge in [0.2, 0.25) is 5.91 Å². The molecular weight excluding hydrogens is 274 g/mol. The molecule has 1 fully saturated rings. The van der Waals surface area contributed by atoms with Crippen LogP contribution in [0.2, 0.25) is 0 Å². The van der Waals surface area contributed by atoms with E-state index in [-0.39, 0.29) is 17.0 Å². The summed E-state index contributed by atoms with van der Waals surface area (Å²) in [6.45, 7) is 16.7. The lowest BCUT2D eigenvalue weighted by Gasteiger charge is -2.35. The van der Waals surface area contributed by atoms with E-state index in [1.54, 1.807) is 0 Å². The summed E-state index contributed by atoms with van der Waals surface area (Å²) in [5.41, 5.74) is 0.147. The Labute approximate surface area is 137 Å². The van der Waals surface area contributed by atoms with Crippen LogP contribution in [0.1, 0.15) is 67.2 Å². The minimum Gasteiger partial charge on any atom is -0.350 e. The van der Waals surface area contributed by atoms with Crippen molar-refractivity contribution in [2.45, 2.75) is 78.3 Å². The van der Waals surface area contributed by atoms with Crippen molar-refractivity contribution < 1.29 is 4.79 Å². The zero-order valence-corrected chi connectivity index (χ0v) is 15.6. The van der Waals surface area contributed by atoms with Crippen molar-refractivity contribution in [3.05, 3.63) is 0 Å². The van der Waals surface area contributed by atoms with Crippen LogP contribution in [0.3, 0.4) is 0 Å². The third kappa shape index (κ3) is 7.10. The minimum atomic E-state index is -0.135. The lowest BCUT2D eigenvalue weighted by atomic mass is 9.92. The van der Waals surface area contributed by atoms with Crippen molar-refractivity contribution in [3.8, 4) is 0 Å². The molecule has 130 valence electrons. The molecule has 0 aliphatic carbocycles. The summed E-state index contributed by atoms with van der Waals surface area (Å²) in [6.07, 6.45) is 4.74. The second-order valence-electron chi connectivity index (χ2n) is 8.17. The SMILES string of the molecule is CCC(C)(CC)NCC1CCN(CC(=O)NC(C)(C)C)CC1. The van der Waals surface area contributed by atoms with E-state index in [1.807, 2.05) is 20.8 Å². The van der Waals surface area contributed by atoms with Crippen LogP contribution in [0.15, 0.2) is 0 Å². The van der Waals surface area contributed by atoms with Gasteiger partial charge in [0.25, 0.3) is 0 Å². The first-order valence-electron chi connectivity index (χ1n) is 8.96. The molecule has 1 aliphatic heterocycles. The number of amides is 1. The van der Waals surface area contributed by atoms with E-state index in [0.29, 0.717) is 6.54 Å². The third-order valence-corrected chi connectivity index (χ3v) is 4.97. The maximum Gasteiger partial charge on any atom is 0.234 e. The van der Waals surface area contributed by atoms with E-state index in [0.717, 1.165) is 25.6 Å². The fourth-order valence-corrected chi connectivity index (χ4v) is 2.90. The molecular formula is C18H37N3O. The highest BCUT2D eigenvalue weighted by Gasteiger charge is 2.25. The summed E-state index contributed by atoms with van der Waals surface area (Å²) >= 11 is 0. The van der Waals surface area contributed by atoms with Gasteiger partial charge in [0.15, 0.2) is 0 Å². The molecule has 1 heterocycles. The topological polar surface area (TPSA) is 44.4 Å². The number of nitrogens with zero attached hydrogens (tertiary/aromatic N) is 1. The van der Waals surface area contributed by atoms with Gasteiger partial charge in [-0.25, -0.2) is 0 Å². The van der Waals surface area contributed by atoms with Crippen molar-refractivity contribution in [1.82, 2.24) is 15.5 Å². The fourth-order valence-electron chi connectivity index (χ4n) is 2.90. The maximum atomic E-state index is 12.0. The average molecular weight is 312 g/mol. The molecule has 0 unspecified atom stereocenters. The van der Waals surface area contributed by atoms with Gasteiger partial charge >= 0.3 is 0 Å². The van der Waals surface area contributed by atoms with Gasteiger partial charge in [-0.1, -0.05) is 13.8 Å². The Bertz CT molecular complexity index is 337. The predicted molar refractivity (Wildman–Crippen MR) is 94.0 cm³/mol. The quantitative estimate of drug-likeness (QED) is 0.760. The van der Waals surface area contributed by atoms with Crippen LogP contribution in [-0.2, 0) is 4.79 Å². The van der Waals surface area contributed by atoms with Crippen LogP contribution in [0.4, 0.5) is 0 Å². The van der Waals surface area contributed by atoms with E-state index in [2.05, 4.69) is 36.3 Å². The Balaban J connectivity index is 2.27. The zero-order chi connectivity index (χ0) is 16.8. The van der Waals surface area contributed by atoms with E-state index < -0.39 is 0 Å². The molecule has 22 heavy (non-hydrogen) atoms. The molecule has 0 saturated carbocycles. The number of likely N-dealkylation sites (tertiary alicyclic amines) is 1. The molecule has 0 radical (unpaired) electrons. The van der Waals surface area contributed by atoms with E-state index in [4.69, 9.17) is 0 Å². The number of rotatable bonds is 7. The van der Waals surface area contributed by atoms with Gasteiger partial charge in [-0.15, -0.1) is 0 Å². The average Bonchev–Trinajstić information content (AvgIpc) is 2.44. The standard InChI is InChI=1S/C18H37N3O/c1-7-18(6,8-2)19-13-15-9-11-21(12-10-15)14-16(22)20-17(3,4)5/h15,19H,7-14H2,1-6H3,(H,20,22). The van der Waals surface area contributed by atoms with E-state index >= 15 is 0 Å². The molecule has 1 saturated heterocycles. The molecule has 4 heteroatoms. The Morgan fingerprint density at radius 3 is 2.09 bits per heavy atom. The molecule has 4 nitrogen and oxygen atoms in total.